The molecule has 0 spiro atoms. The van der Waals surface area contributed by atoms with Crippen LogP contribution in [0.15, 0.2) is 36.4 Å². The number of hydrogen-bond acceptors (Lipinski definition) is 2. The van der Waals surface area contributed by atoms with Gasteiger partial charge in [-0.25, -0.2) is 0 Å². The maximum atomic E-state index is 12.4. The number of hydrogen-bond donors (Lipinski definition) is 1. The lowest BCUT2D eigenvalue weighted by Crippen LogP contribution is -2.29. The van der Waals surface area contributed by atoms with E-state index in [1.54, 1.807) is 24.3 Å². The van der Waals surface area contributed by atoms with Gasteiger partial charge in [0.1, 0.15) is 0 Å². The fraction of sp³-hybridized carbons (Fsp3) is 0.278. The Morgan fingerprint density at radius 1 is 0.917 bits per heavy atom. The maximum Gasteiger partial charge on any atom is 0.257 e. The molecule has 0 radical (unpaired) electrons. The standard InChI is InChI=1S/C18H17Cl3N2O/c19-12-4-6-14(15(20)10-12)18(24)22-13-5-7-17(16(21)11-13)23-8-2-1-3-9-23/h4-7,10-11H,1-3,8-9H2,(H,22,24). The highest BCUT2D eigenvalue weighted by Crippen LogP contribution is 2.31. The van der Waals surface area contributed by atoms with E-state index >= 15 is 0 Å². The van der Waals surface area contributed by atoms with Crippen molar-refractivity contribution in [2.45, 2.75) is 19.3 Å². The van der Waals surface area contributed by atoms with Crippen LogP contribution >= 0.6 is 34.8 Å². The van der Waals surface area contributed by atoms with Crippen molar-refractivity contribution in [2.75, 3.05) is 23.3 Å². The molecule has 1 heterocycles. The molecule has 1 N–H and O–H groups in total. The van der Waals surface area contributed by atoms with Gasteiger partial charge in [-0.05, 0) is 55.7 Å². The van der Waals surface area contributed by atoms with E-state index in [9.17, 15) is 4.79 Å². The van der Waals surface area contributed by atoms with Gasteiger partial charge < -0.3 is 10.2 Å². The van der Waals surface area contributed by atoms with Crippen molar-refractivity contribution in [2.24, 2.45) is 0 Å². The Kier molecular flexibility index (Phi) is 5.54. The second-order valence-corrected chi connectivity index (χ2v) is 7.04. The Morgan fingerprint density at radius 2 is 1.67 bits per heavy atom. The molecule has 0 bridgehead atoms. The summed E-state index contributed by atoms with van der Waals surface area (Å²) in [5.74, 6) is -0.293. The maximum absolute atomic E-state index is 12.4. The molecule has 24 heavy (non-hydrogen) atoms. The fourth-order valence-corrected chi connectivity index (χ4v) is 3.64. The minimum Gasteiger partial charge on any atom is -0.370 e. The molecule has 3 nitrogen and oxygen atoms in total. The van der Waals surface area contributed by atoms with Crippen molar-refractivity contribution >= 4 is 52.1 Å². The summed E-state index contributed by atoms with van der Waals surface area (Å²) in [6, 6.07) is 10.4. The number of halogens is 3. The third kappa shape index (κ3) is 3.97. The van der Waals surface area contributed by atoms with Crippen LogP contribution in [-0.2, 0) is 0 Å². The smallest absolute Gasteiger partial charge is 0.257 e. The number of benzene rings is 2. The highest BCUT2D eigenvalue weighted by molar-refractivity contribution is 6.37. The topological polar surface area (TPSA) is 32.3 Å². The molecular weight excluding hydrogens is 367 g/mol. The van der Waals surface area contributed by atoms with Crippen LogP contribution in [0.2, 0.25) is 15.1 Å². The lowest BCUT2D eigenvalue weighted by atomic mass is 10.1. The highest BCUT2D eigenvalue weighted by Gasteiger charge is 2.15. The molecule has 3 rings (SSSR count). The van der Waals surface area contributed by atoms with Crippen molar-refractivity contribution in [1.82, 2.24) is 0 Å². The molecule has 0 atom stereocenters. The third-order valence-corrected chi connectivity index (χ3v) is 4.93. The zero-order valence-corrected chi connectivity index (χ0v) is 15.3. The molecule has 0 saturated carbocycles. The van der Waals surface area contributed by atoms with E-state index in [0.717, 1.165) is 18.8 Å². The van der Waals surface area contributed by atoms with Gasteiger partial charge >= 0.3 is 0 Å². The summed E-state index contributed by atoms with van der Waals surface area (Å²) in [6.45, 7) is 2.04. The fourth-order valence-electron chi connectivity index (χ4n) is 2.85. The minimum absolute atomic E-state index is 0.293. The summed E-state index contributed by atoms with van der Waals surface area (Å²) in [5.41, 5.74) is 2.02. The van der Waals surface area contributed by atoms with Crippen LogP contribution in [0.3, 0.4) is 0 Å². The molecular formula is C18H17Cl3N2O. The van der Waals surface area contributed by atoms with Crippen molar-refractivity contribution in [1.29, 1.82) is 0 Å². The van der Waals surface area contributed by atoms with Gasteiger partial charge in [0, 0.05) is 23.8 Å². The van der Waals surface area contributed by atoms with Gasteiger partial charge in [-0.1, -0.05) is 34.8 Å². The Bertz CT molecular complexity index is 758. The lowest BCUT2D eigenvalue weighted by molar-refractivity contribution is 0.102. The Morgan fingerprint density at radius 3 is 2.33 bits per heavy atom. The largest absolute Gasteiger partial charge is 0.370 e. The zero-order valence-electron chi connectivity index (χ0n) is 13.0. The summed E-state index contributed by atoms with van der Waals surface area (Å²) in [5, 5.41) is 4.26. The molecule has 1 saturated heterocycles. The van der Waals surface area contributed by atoms with Gasteiger partial charge in [0.15, 0.2) is 0 Å². The quantitative estimate of drug-likeness (QED) is 0.716. The van der Waals surface area contributed by atoms with Crippen molar-refractivity contribution in [3.05, 3.63) is 57.0 Å². The number of nitrogens with zero attached hydrogens (tertiary/aromatic N) is 1. The molecule has 1 aliphatic rings. The molecule has 1 fully saturated rings. The SMILES string of the molecule is O=C(Nc1ccc(N2CCCCC2)c(Cl)c1)c1ccc(Cl)cc1Cl. The van der Waals surface area contributed by atoms with Crippen LogP contribution in [-0.4, -0.2) is 19.0 Å². The second-order valence-electron chi connectivity index (χ2n) is 5.79. The van der Waals surface area contributed by atoms with E-state index in [-0.39, 0.29) is 5.91 Å². The predicted octanol–water partition coefficient (Wildman–Crippen LogP) is 5.89. The van der Waals surface area contributed by atoms with Crippen LogP contribution in [0.5, 0.6) is 0 Å². The van der Waals surface area contributed by atoms with Gasteiger partial charge in [-0.2, -0.15) is 0 Å². The van der Waals surface area contributed by atoms with Crippen LogP contribution in [0.1, 0.15) is 29.6 Å². The van der Waals surface area contributed by atoms with Gasteiger partial charge in [0.05, 0.1) is 21.3 Å². The van der Waals surface area contributed by atoms with Crippen molar-refractivity contribution in [3.8, 4) is 0 Å². The van der Waals surface area contributed by atoms with Crippen LogP contribution in [0, 0.1) is 0 Å². The van der Waals surface area contributed by atoms with Crippen molar-refractivity contribution < 1.29 is 4.79 Å². The highest BCUT2D eigenvalue weighted by atomic mass is 35.5. The summed E-state index contributed by atoms with van der Waals surface area (Å²) in [6.07, 6.45) is 3.64. The molecule has 1 amide bonds. The Balaban J connectivity index is 1.75. The van der Waals surface area contributed by atoms with Gasteiger partial charge in [-0.3, -0.25) is 4.79 Å². The molecule has 6 heteroatoms. The van der Waals surface area contributed by atoms with E-state index in [2.05, 4.69) is 10.2 Å². The number of carbonyl (C=O) groups excluding carboxylic acids is 1. The molecule has 126 valence electrons. The number of rotatable bonds is 3. The van der Waals surface area contributed by atoms with E-state index in [0.29, 0.717) is 26.3 Å². The number of anilines is 2. The average Bonchev–Trinajstić information content (AvgIpc) is 2.55. The van der Waals surface area contributed by atoms with E-state index in [1.807, 2.05) is 12.1 Å². The minimum atomic E-state index is -0.293. The average molecular weight is 384 g/mol. The summed E-state index contributed by atoms with van der Waals surface area (Å²) in [7, 11) is 0. The van der Waals surface area contributed by atoms with Crippen LogP contribution < -0.4 is 10.2 Å². The molecule has 0 aromatic heterocycles. The zero-order chi connectivity index (χ0) is 17.1. The summed E-state index contributed by atoms with van der Waals surface area (Å²) in [4.78, 5) is 14.6. The Labute approximate surface area is 156 Å². The number of piperidine rings is 1. The summed E-state index contributed by atoms with van der Waals surface area (Å²) >= 11 is 18.3. The molecule has 2 aromatic rings. The third-order valence-electron chi connectivity index (χ3n) is 4.08. The van der Waals surface area contributed by atoms with Crippen LogP contribution in [0.25, 0.3) is 0 Å². The number of amides is 1. The van der Waals surface area contributed by atoms with Gasteiger partial charge in [-0.15, -0.1) is 0 Å². The van der Waals surface area contributed by atoms with E-state index in [4.69, 9.17) is 34.8 Å². The molecule has 0 aliphatic carbocycles. The van der Waals surface area contributed by atoms with Gasteiger partial charge in [0.2, 0.25) is 0 Å². The summed E-state index contributed by atoms with van der Waals surface area (Å²) < 4.78 is 0. The first-order valence-corrected chi connectivity index (χ1v) is 8.99. The van der Waals surface area contributed by atoms with E-state index < -0.39 is 0 Å². The monoisotopic (exact) mass is 382 g/mol. The predicted molar refractivity (Wildman–Crippen MR) is 102 cm³/mol. The van der Waals surface area contributed by atoms with Gasteiger partial charge in [0.25, 0.3) is 5.91 Å². The first kappa shape index (κ1) is 17.4. The lowest BCUT2D eigenvalue weighted by Gasteiger charge is -2.29. The second kappa shape index (κ2) is 7.64. The first-order valence-electron chi connectivity index (χ1n) is 7.85. The van der Waals surface area contributed by atoms with E-state index in [1.165, 1.54) is 19.3 Å². The molecule has 0 unspecified atom stereocenters. The molecule has 1 aliphatic heterocycles. The van der Waals surface area contributed by atoms with Crippen molar-refractivity contribution in [3.63, 3.8) is 0 Å². The molecule has 2 aromatic carbocycles. The number of carbonyl (C=O) groups is 1. The van der Waals surface area contributed by atoms with Crippen LogP contribution in [0.4, 0.5) is 11.4 Å². The number of nitrogens with one attached hydrogen (secondary N) is 1. The normalized spacial score (nSPS) is 14.5. The first-order chi connectivity index (χ1) is 11.5. The Hall–Kier alpha value is -1.42.